The lowest BCUT2D eigenvalue weighted by atomic mass is 10.1. The van der Waals surface area contributed by atoms with Crippen molar-refractivity contribution in [3.63, 3.8) is 0 Å². The van der Waals surface area contributed by atoms with E-state index in [0.717, 1.165) is 0 Å². The zero-order valence-electron chi connectivity index (χ0n) is 8.03. The van der Waals surface area contributed by atoms with Crippen molar-refractivity contribution in [1.82, 2.24) is 0 Å². The monoisotopic (exact) mass is 212 g/mol. The molecule has 0 unspecified atom stereocenters. The molecule has 80 valence electrons. The molecular weight excluding hydrogens is 203 g/mol. The Hall–Kier alpha value is -1.91. The van der Waals surface area contributed by atoms with Crippen molar-refractivity contribution in [2.24, 2.45) is 0 Å². The minimum absolute atomic E-state index is 0.278. The molecule has 1 aromatic rings. The van der Waals surface area contributed by atoms with Gasteiger partial charge in [0.2, 0.25) is 0 Å². The number of carbonyl (C=O) groups is 2. The van der Waals surface area contributed by atoms with Gasteiger partial charge in [0, 0.05) is 10.1 Å². The zero-order chi connectivity index (χ0) is 11.3. The number of hydrogen-bond acceptors (Lipinski definition) is 4. The number of ether oxygens (including phenoxy) is 1. The Balaban J connectivity index is 2.77. The molecule has 0 fully saturated rings. The molecule has 15 heavy (non-hydrogen) atoms. The smallest absolute Gasteiger partial charge is 0.356 e. The van der Waals surface area contributed by atoms with Gasteiger partial charge in [-0.15, -0.1) is 0 Å². The van der Waals surface area contributed by atoms with Gasteiger partial charge in [0.05, 0.1) is 7.11 Å². The quantitative estimate of drug-likeness (QED) is 0.563. The van der Waals surface area contributed by atoms with Crippen molar-refractivity contribution < 1.29 is 23.8 Å². The van der Waals surface area contributed by atoms with Gasteiger partial charge in [0.25, 0.3) is 0 Å². The summed E-state index contributed by atoms with van der Waals surface area (Å²) in [7, 11) is 1.46. The van der Waals surface area contributed by atoms with Crippen molar-refractivity contribution in [3.05, 3.63) is 29.8 Å². The molecule has 5 heteroatoms. The predicted molar refractivity (Wildman–Crippen MR) is 49.1 cm³/mol. The average molecular weight is 212 g/mol. The number of Topliss-reactive ketones (excluding diaryl/α,β-unsaturated/α-hetero) is 1. The Bertz CT molecular complexity index is 375. The minimum Gasteiger partial charge on any atom is -0.497 e. The zero-order valence-corrected chi connectivity index (χ0v) is 8.03. The standard InChI is InChI=1S/C10H9FO4/c1-14-8-4-2-3-7(5-8)9(12)6-10(13)15-11/h2-5H,6H2,1H3. The first-order valence-electron chi connectivity index (χ1n) is 4.16. The maximum Gasteiger partial charge on any atom is 0.356 e. The highest BCUT2D eigenvalue weighted by molar-refractivity contribution is 6.05. The van der Waals surface area contributed by atoms with E-state index in [1.54, 1.807) is 12.1 Å². The highest BCUT2D eigenvalue weighted by Gasteiger charge is 2.13. The van der Waals surface area contributed by atoms with Crippen LogP contribution in [0.4, 0.5) is 4.53 Å². The summed E-state index contributed by atoms with van der Waals surface area (Å²) in [5.74, 6) is -1.23. The topological polar surface area (TPSA) is 52.6 Å². The number of halogens is 1. The van der Waals surface area contributed by atoms with Gasteiger partial charge in [-0.25, -0.2) is 4.79 Å². The van der Waals surface area contributed by atoms with Gasteiger partial charge in [-0.05, 0) is 12.1 Å². The lowest BCUT2D eigenvalue weighted by Crippen LogP contribution is -2.08. The third kappa shape index (κ3) is 3.05. The normalized spacial score (nSPS) is 9.47. The summed E-state index contributed by atoms with van der Waals surface area (Å²) in [4.78, 5) is 24.8. The fraction of sp³-hybridized carbons (Fsp3) is 0.200. The molecule has 1 aromatic carbocycles. The Kier molecular flexibility index (Phi) is 3.79. The van der Waals surface area contributed by atoms with Crippen LogP contribution in [0.5, 0.6) is 5.75 Å². The van der Waals surface area contributed by atoms with E-state index in [9.17, 15) is 14.1 Å². The first kappa shape index (κ1) is 11.2. The number of benzene rings is 1. The maximum atomic E-state index is 11.4. The van der Waals surface area contributed by atoms with Crippen LogP contribution >= 0.6 is 0 Å². The first-order chi connectivity index (χ1) is 7.17. The van der Waals surface area contributed by atoms with Crippen LogP contribution < -0.4 is 4.74 Å². The second kappa shape index (κ2) is 5.09. The summed E-state index contributed by atoms with van der Waals surface area (Å²) in [6.07, 6.45) is -0.621. The summed E-state index contributed by atoms with van der Waals surface area (Å²) in [6.45, 7) is 0. The van der Waals surface area contributed by atoms with E-state index in [1.165, 1.54) is 19.2 Å². The molecule has 1 rings (SSSR count). The number of carbonyl (C=O) groups excluding carboxylic acids is 2. The summed E-state index contributed by atoms with van der Waals surface area (Å²) >= 11 is 0. The summed E-state index contributed by atoms with van der Waals surface area (Å²) < 4.78 is 16.3. The molecule has 0 N–H and O–H groups in total. The molecule has 0 aliphatic carbocycles. The Morgan fingerprint density at radius 2 is 2.13 bits per heavy atom. The van der Waals surface area contributed by atoms with E-state index in [0.29, 0.717) is 5.75 Å². The Morgan fingerprint density at radius 3 is 2.73 bits per heavy atom. The molecule has 0 aromatic heterocycles. The molecule has 0 aliphatic rings. The van der Waals surface area contributed by atoms with Crippen LogP contribution in [0.2, 0.25) is 0 Å². The molecule has 0 bridgehead atoms. The molecule has 0 radical (unpaired) electrons. The second-order valence-corrected chi connectivity index (χ2v) is 2.78. The lowest BCUT2D eigenvalue weighted by Gasteiger charge is -2.01. The van der Waals surface area contributed by atoms with E-state index in [1.807, 2.05) is 0 Å². The van der Waals surface area contributed by atoms with Gasteiger partial charge in [-0.1, -0.05) is 12.1 Å². The summed E-state index contributed by atoms with van der Waals surface area (Å²) in [6, 6.07) is 6.24. The molecule has 0 amide bonds. The van der Waals surface area contributed by atoms with Gasteiger partial charge in [-0.2, -0.15) is 0 Å². The van der Waals surface area contributed by atoms with Crippen LogP contribution in [0.3, 0.4) is 0 Å². The largest absolute Gasteiger partial charge is 0.497 e. The van der Waals surface area contributed by atoms with E-state index in [-0.39, 0.29) is 5.56 Å². The molecule has 0 saturated carbocycles. The molecule has 0 saturated heterocycles. The Morgan fingerprint density at radius 1 is 1.40 bits per heavy atom. The number of hydrogen-bond donors (Lipinski definition) is 0. The summed E-state index contributed by atoms with van der Waals surface area (Å²) in [5, 5.41) is 0. The van der Waals surface area contributed by atoms with Gasteiger partial charge < -0.3 is 4.74 Å². The second-order valence-electron chi connectivity index (χ2n) is 2.78. The van der Waals surface area contributed by atoms with E-state index in [4.69, 9.17) is 4.74 Å². The van der Waals surface area contributed by atoms with Crippen molar-refractivity contribution in [1.29, 1.82) is 0 Å². The number of ketones is 1. The molecule has 4 nitrogen and oxygen atoms in total. The van der Waals surface area contributed by atoms with Crippen LogP contribution in [0.15, 0.2) is 24.3 Å². The highest BCUT2D eigenvalue weighted by Crippen LogP contribution is 2.14. The molecule has 0 aliphatic heterocycles. The van der Waals surface area contributed by atoms with Crippen LogP contribution in [-0.4, -0.2) is 18.9 Å². The fourth-order valence-corrected chi connectivity index (χ4v) is 1.06. The fourth-order valence-electron chi connectivity index (χ4n) is 1.06. The van der Waals surface area contributed by atoms with Crippen molar-refractivity contribution >= 4 is 11.8 Å². The number of rotatable bonds is 4. The van der Waals surface area contributed by atoms with Gasteiger partial charge in [0.1, 0.15) is 12.2 Å². The first-order valence-corrected chi connectivity index (χ1v) is 4.16. The molecule has 0 heterocycles. The molecular formula is C10H9FO4. The van der Waals surface area contributed by atoms with Crippen LogP contribution in [-0.2, 0) is 9.74 Å². The molecule has 0 atom stereocenters. The Labute approximate surface area is 85.5 Å². The minimum atomic E-state index is -1.21. The van der Waals surface area contributed by atoms with Crippen molar-refractivity contribution in [2.45, 2.75) is 6.42 Å². The van der Waals surface area contributed by atoms with Gasteiger partial charge in [-0.3, -0.25) is 9.74 Å². The average Bonchev–Trinajstić information content (AvgIpc) is 2.28. The van der Waals surface area contributed by atoms with Crippen LogP contribution in [0.25, 0.3) is 0 Å². The predicted octanol–water partition coefficient (Wildman–Crippen LogP) is 1.70. The SMILES string of the molecule is COc1cccc(C(=O)CC(=O)OF)c1. The molecule has 0 spiro atoms. The van der Waals surface area contributed by atoms with E-state index in [2.05, 4.69) is 4.94 Å². The third-order valence-corrected chi connectivity index (χ3v) is 1.78. The number of methoxy groups -OCH3 is 1. The third-order valence-electron chi connectivity index (χ3n) is 1.78. The van der Waals surface area contributed by atoms with E-state index >= 15 is 0 Å². The van der Waals surface area contributed by atoms with Crippen LogP contribution in [0, 0.1) is 0 Å². The maximum absolute atomic E-state index is 11.4. The van der Waals surface area contributed by atoms with Gasteiger partial charge in [0.15, 0.2) is 5.78 Å². The van der Waals surface area contributed by atoms with Crippen LogP contribution in [0.1, 0.15) is 16.8 Å². The van der Waals surface area contributed by atoms with Crippen molar-refractivity contribution in [2.75, 3.05) is 7.11 Å². The van der Waals surface area contributed by atoms with Gasteiger partial charge >= 0.3 is 5.97 Å². The van der Waals surface area contributed by atoms with E-state index < -0.39 is 18.2 Å². The van der Waals surface area contributed by atoms with Crippen molar-refractivity contribution in [3.8, 4) is 5.75 Å². The summed E-state index contributed by atoms with van der Waals surface area (Å²) in [5.41, 5.74) is 0.278. The lowest BCUT2D eigenvalue weighted by molar-refractivity contribution is -0.182. The highest BCUT2D eigenvalue weighted by atomic mass is 19.3.